The third-order valence-electron chi connectivity index (χ3n) is 4.13. The Morgan fingerprint density at radius 1 is 1.43 bits per heavy atom. The minimum atomic E-state index is -0.285. The first-order chi connectivity index (χ1) is 9.94. The van der Waals surface area contributed by atoms with Crippen molar-refractivity contribution in [3.63, 3.8) is 0 Å². The van der Waals surface area contributed by atoms with E-state index in [1.54, 1.807) is 18.1 Å². The van der Waals surface area contributed by atoms with E-state index >= 15 is 0 Å². The second-order valence-electron chi connectivity index (χ2n) is 5.62. The number of likely N-dealkylation sites (tertiary alicyclic amines) is 1. The SMILES string of the molecule is COc1cccc(NC(=O)N2CCC(C)(C(=N)N)CC2)c1. The Hall–Kier alpha value is -2.24. The molecule has 1 saturated heterocycles. The molecule has 1 fully saturated rings. The Labute approximate surface area is 124 Å². The highest BCUT2D eigenvalue weighted by atomic mass is 16.5. The number of hydrogen-bond donors (Lipinski definition) is 3. The standard InChI is InChI=1S/C15H22N4O2/c1-15(13(16)17)6-8-19(9-7-15)14(20)18-11-4-3-5-12(10-11)21-2/h3-5,10H,6-9H2,1-2H3,(H3,16,17)(H,18,20). The molecule has 1 aliphatic rings. The summed E-state index contributed by atoms with van der Waals surface area (Å²) in [6, 6.07) is 7.13. The highest BCUT2D eigenvalue weighted by Crippen LogP contribution is 2.30. The zero-order valence-corrected chi connectivity index (χ0v) is 12.5. The van der Waals surface area contributed by atoms with Gasteiger partial charge >= 0.3 is 6.03 Å². The van der Waals surface area contributed by atoms with Crippen LogP contribution in [0, 0.1) is 10.8 Å². The number of piperidine rings is 1. The second kappa shape index (κ2) is 6.03. The molecule has 21 heavy (non-hydrogen) atoms. The van der Waals surface area contributed by atoms with E-state index in [1.165, 1.54) is 0 Å². The van der Waals surface area contributed by atoms with Crippen molar-refractivity contribution in [3.05, 3.63) is 24.3 Å². The largest absolute Gasteiger partial charge is 0.497 e. The average molecular weight is 290 g/mol. The van der Waals surface area contributed by atoms with Gasteiger partial charge in [-0.05, 0) is 25.0 Å². The van der Waals surface area contributed by atoms with E-state index in [-0.39, 0.29) is 17.3 Å². The number of ether oxygens (including phenoxy) is 1. The first-order valence-electron chi connectivity index (χ1n) is 6.99. The molecule has 0 radical (unpaired) electrons. The van der Waals surface area contributed by atoms with Gasteiger partial charge in [0.15, 0.2) is 0 Å². The summed E-state index contributed by atoms with van der Waals surface area (Å²) in [6.45, 7) is 3.18. The average Bonchev–Trinajstić information content (AvgIpc) is 2.48. The number of benzene rings is 1. The van der Waals surface area contributed by atoms with Crippen molar-refractivity contribution in [1.82, 2.24) is 4.90 Å². The van der Waals surface area contributed by atoms with Gasteiger partial charge in [-0.1, -0.05) is 13.0 Å². The molecule has 0 spiro atoms. The van der Waals surface area contributed by atoms with Gasteiger partial charge in [-0.3, -0.25) is 5.41 Å². The van der Waals surface area contributed by atoms with Crippen LogP contribution in [0.1, 0.15) is 19.8 Å². The van der Waals surface area contributed by atoms with E-state index in [0.717, 1.165) is 0 Å². The van der Waals surface area contributed by atoms with Crippen molar-refractivity contribution < 1.29 is 9.53 Å². The molecular formula is C15H22N4O2. The Bertz CT molecular complexity index is 536. The summed E-state index contributed by atoms with van der Waals surface area (Å²) in [7, 11) is 1.59. The lowest BCUT2D eigenvalue weighted by Crippen LogP contribution is -2.48. The zero-order chi connectivity index (χ0) is 15.5. The number of rotatable bonds is 3. The fourth-order valence-corrected chi connectivity index (χ4v) is 2.38. The van der Waals surface area contributed by atoms with Gasteiger partial charge in [-0.15, -0.1) is 0 Å². The number of nitrogens with two attached hydrogens (primary N) is 1. The fourth-order valence-electron chi connectivity index (χ4n) is 2.38. The number of anilines is 1. The minimum absolute atomic E-state index is 0.131. The fraction of sp³-hybridized carbons (Fsp3) is 0.467. The maximum absolute atomic E-state index is 12.2. The van der Waals surface area contributed by atoms with Crippen LogP contribution in [-0.2, 0) is 0 Å². The summed E-state index contributed by atoms with van der Waals surface area (Å²) in [5.74, 6) is 0.908. The number of carbonyl (C=O) groups excluding carboxylic acids is 1. The van der Waals surface area contributed by atoms with Gasteiger partial charge in [0, 0.05) is 30.3 Å². The van der Waals surface area contributed by atoms with Crippen LogP contribution in [0.2, 0.25) is 0 Å². The first-order valence-corrected chi connectivity index (χ1v) is 6.99. The van der Waals surface area contributed by atoms with Gasteiger partial charge in [0.05, 0.1) is 12.9 Å². The van der Waals surface area contributed by atoms with Gasteiger partial charge in [-0.2, -0.15) is 0 Å². The van der Waals surface area contributed by atoms with Crippen LogP contribution in [0.25, 0.3) is 0 Å². The van der Waals surface area contributed by atoms with Gasteiger partial charge in [-0.25, -0.2) is 4.79 Å². The number of methoxy groups -OCH3 is 1. The third kappa shape index (κ3) is 3.45. The molecule has 0 aliphatic carbocycles. The van der Waals surface area contributed by atoms with Gasteiger partial charge < -0.3 is 20.7 Å². The molecule has 1 heterocycles. The third-order valence-corrected chi connectivity index (χ3v) is 4.13. The topological polar surface area (TPSA) is 91.4 Å². The number of nitrogens with zero attached hydrogens (tertiary/aromatic N) is 1. The van der Waals surface area contributed by atoms with E-state index in [9.17, 15) is 4.79 Å². The van der Waals surface area contributed by atoms with Crippen LogP contribution in [0.3, 0.4) is 0 Å². The number of amides is 2. The van der Waals surface area contributed by atoms with Crippen molar-refractivity contribution in [2.45, 2.75) is 19.8 Å². The highest BCUT2D eigenvalue weighted by molar-refractivity contribution is 5.90. The molecule has 2 amide bonds. The molecule has 0 unspecified atom stereocenters. The molecule has 0 aromatic heterocycles. The molecule has 0 saturated carbocycles. The monoisotopic (exact) mass is 290 g/mol. The number of amidine groups is 1. The number of nitrogens with one attached hydrogen (secondary N) is 2. The van der Waals surface area contributed by atoms with Crippen molar-refractivity contribution in [1.29, 1.82) is 5.41 Å². The van der Waals surface area contributed by atoms with Gasteiger partial charge in [0.2, 0.25) is 0 Å². The first kappa shape index (κ1) is 15.2. The van der Waals surface area contributed by atoms with Crippen LogP contribution in [0.15, 0.2) is 24.3 Å². The molecule has 114 valence electrons. The molecule has 1 aromatic carbocycles. The van der Waals surface area contributed by atoms with Crippen molar-refractivity contribution >= 4 is 17.6 Å². The van der Waals surface area contributed by atoms with E-state index < -0.39 is 0 Å². The molecule has 6 nitrogen and oxygen atoms in total. The summed E-state index contributed by atoms with van der Waals surface area (Å²) in [5.41, 5.74) is 6.05. The lowest BCUT2D eigenvalue weighted by atomic mass is 9.79. The molecule has 0 atom stereocenters. The molecule has 1 aromatic rings. The van der Waals surface area contributed by atoms with E-state index in [2.05, 4.69) is 5.32 Å². The summed E-state index contributed by atoms with van der Waals surface area (Å²) in [4.78, 5) is 14.0. The highest BCUT2D eigenvalue weighted by Gasteiger charge is 2.34. The predicted molar refractivity (Wildman–Crippen MR) is 82.8 cm³/mol. The molecule has 2 rings (SSSR count). The summed E-state index contributed by atoms with van der Waals surface area (Å²) >= 11 is 0. The van der Waals surface area contributed by atoms with Crippen molar-refractivity contribution in [3.8, 4) is 5.75 Å². The molecule has 1 aliphatic heterocycles. The predicted octanol–water partition coefficient (Wildman–Crippen LogP) is 2.27. The molecule has 0 bridgehead atoms. The quantitative estimate of drug-likeness (QED) is 0.589. The Morgan fingerprint density at radius 3 is 2.67 bits per heavy atom. The van der Waals surface area contributed by atoms with E-state index in [4.69, 9.17) is 15.9 Å². The minimum Gasteiger partial charge on any atom is -0.497 e. The maximum Gasteiger partial charge on any atom is 0.321 e. The molecule has 4 N–H and O–H groups in total. The van der Waals surface area contributed by atoms with E-state index in [0.29, 0.717) is 37.4 Å². The van der Waals surface area contributed by atoms with Gasteiger partial charge in [0.1, 0.15) is 5.75 Å². The van der Waals surface area contributed by atoms with Crippen LogP contribution in [0.5, 0.6) is 5.75 Å². The smallest absolute Gasteiger partial charge is 0.321 e. The normalized spacial score (nSPS) is 17.1. The molecule has 6 heteroatoms. The Balaban J connectivity index is 1.94. The van der Waals surface area contributed by atoms with Gasteiger partial charge in [0.25, 0.3) is 0 Å². The lowest BCUT2D eigenvalue weighted by molar-refractivity contribution is 0.170. The summed E-state index contributed by atoms with van der Waals surface area (Å²) in [6.07, 6.45) is 1.43. The van der Waals surface area contributed by atoms with Crippen LogP contribution in [-0.4, -0.2) is 37.0 Å². The second-order valence-corrected chi connectivity index (χ2v) is 5.62. The van der Waals surface area contributed by atoms with Crippen LogP contribution in [0.4, 0.5) is 10.5 Å². The number of carbonyl (C=O) groups is 1. The van der Waals surface area contributed by atoms with Crippen LogP contribution < -0.4 is 15.8 Å². The molecular weight excluding hydrogens is 268 g/mol. The zero-order valence-electron chi connectivity index (χ0n) is 12.5. The maximum atomic E-state index is 12.2. The Kier molecular flexibility index (Phi) is 4.35. The summed E-state index contributed by atoms with van der Waals surface area (Å²) < 4.78 is 5.13. The number of urea groups is 1. The van der Waals surface area contributed by atoms with Crippen molar-refractivity contribution in [2.75, 3.05) is 25.5 Å². The van der Waals surface area contributed by atoms with Crippen molar-refractivity contribution in [2.24, 2.45) is 11.1 Å². The lowest BCUT2D eigenvalue weighted by Gasteiger charge is -2.38. The van der Waals surface area contributed by atoms with E-state index in [1.807, 2.05) is 25.1 Å². The summed E-state index contributed by atoms with van der Waals surface area (Å²) in [5, 5.41) is 10.5. The Morgan fingerprint density at radius 2 is 2.10 bits per heavy atom. The van der Waals surface area contributed by atoms with Crippen LogP contribution >= 0.6 is 0 Å². The number of hydrogen-bond acceptors (Lipinski definition) is 3.